The number of hydrogen-bond acceptors (Lipinski definition) is 4. The fraction of sp³-hybridized carbons (Fsp3) is 0.182. The van der Waals surface area contributed by atoms with E-state index < -0.39 is 17.5 Å². The van der Waals surface area contributed by atoms with Gasteiger partial charge >= 0.3 is 6.03 Å². The number of urea groups is 1. The van der Waals surface area contributed by atoms with Gasteiger partial charge < -0.3 is 15.6 Å². The molecule has 2 heterocycles. The summed E-state index contributed by atoms with van der Waals surface area (Å²) >= 11 is 0. The van der Waals surface area contributed by atoms with Gasteiger partial charge in [0.2, 0.25) is 5.56 Å². The standard InChI is InChI=1S/C22H20N4O4/c1-12-9-18(27)24-17-10-14(5-8-16(12)17)19(28)23-11-13-3-6-15(7-4-13)22(2)20(29)25-21(30)26-22/h3-10H,11H2,1-2H3,(H,23,28)(H,24,27)(H2,25,26,29,30). The number of rotatable bonds is 4. The molecule has 4 N–H and O–H groups in total. The summed E-state index contributed by atoms with van der Waals surface area (Å²) < 4.78 is 0. The molecule has 3 aromatic rings. The highest BCUT2D eigenvalue weighted by Crippen LogP contribution is 2.24. The molecule has 4 rings (SSSR count). The van der Waals surface area contributed by atoms with E-state index in [0.717, 1.165) is 16.5 Å². The Morgan fingerprint density at radius 3 is 2.43 bits per heavy atom. The smallest absolute Gasteiger partial charge is 0.322 e. The Morgan fingerprint density at radius 2 is 1.77 bits per heavy atom. The van der Waals surface area contributed by atoms with E-state index in [1.807, 2.05) is 13.0 Å². The van der Waals surface area contributed by atoms with E-state index in [1.54, 1.807) is 43.3 Å². The summed E-state index contributed by atoms with van der Waals surface area (Å²) in [6, 6.07) is 13.3. The number of carbonyl (C=O) groups excluding carboxylic acids is 3. The van der Waals surface area contributed by atoms with Crippen LogP contribution in [-0.2, 0) is 16.9 Å². The molecule has 1 atom stereocenters. The quantitative estimate of drug-likeness (QED) is 0.496. The molecule has 8 nitrogen and oxygen atoms in total. The second-order valence-corrected chi connectivity index (χ2v) is 7.49. The number of fused-ring (bicyclic) bond motifs is 1. The van der Waals surface area contributed by atoms with E-state index in [-0.39, 0.29) is 18.0 Å². The number of nitrogens with one attached hydrogen (secondary N) is 4. The maximum absolute atomic E-state index is 12.5. The van der Waals surface area contributed by atoms with Crippen LogP contribution < -0.4 is 21.5 Å². The van der Waals surface area contributed by atoms with E-state index in [2.05, 4.69) is 20.9 Å². The fourth-order valence-corrected chi connectivity index (χ4v) is 3.56. The molecule has 1 aromatic heterocycles. The lowest BCUT2D eigenvalue weighted by Gasteiger charge is -2.21. The molecule has 30 heavy (non-hydrogen) atoms. The number of benzene rings is 2. The van der Waals surface area contributed by atoms with Crippen LogP contribution in [0.3, 0.4) is 0 Å². The Bertz CT molecular complexity index is 1250. The Balaban J connectivity index is 1.46. The molecule has 0 aliphatic carbocycles. The van der Waals surface area contributed by atoms with Crippen molar-refractivity contribution in [3.8, 4) is 0 Å². The van der Waals surface area contributed by atoms with E-state index in [1.165, 1.54) is 6.07 Å². The molecule has 0 radical (unpaired) electrons. The Hall–Kier alpha value is -3.94. The summed E-state index contributed by atoms with van der Waals surface area (Å²) in [6.07, 6.45) is 0. The largest absolute Gasteiger partial charge is 0.348 e. The second-order valence-electron chi connectivity index (χ2n) is 7.49. The molecule has 1 aliphatic heterocycles. The SMILES string of the molecule is Cc1cc(=O)[nH]c2cc(C(=O)NCc3ccc(C4(C)NC(=O)NC4=O)cc3)ccc12. The van der Waals surface area contributed by atoms with Crippen LogP contribution in [0.1, 0.15) is 34.0 Å². The van der Waals surface area contributed by atoms with Gasteiger partial charge in [-0.3, -0.25) is 19.7 Å². The molecule has 152 valence electrons. The van der Waals surface area contributed by atoms with E-state index in [9.17, 15) is 19.2 Å². The number of pyridine rings is 1. The van der Waals surface area contributed by atoms with Gasteiger partial charge in [0.15, 0.2) is 0 Å². The first kappa shape index (κ1) is 19.4. The first-order valence-corrected chi connectivity index (χ1v) is 9.41. The van der Waals surface area contributed by atoms with Gasteiger partial charge in [0.25, 0.3) is 11.8 Å². The van der Waals surface area contributed by atoms with Crippen LogP contribution in [0.4, 0.5) is 4.79 Å². The van der Waals surface area contributed by atoms with Gasteiger partial charge in [-0.15, -0.1) is 0 Å². The molecular formula is C22H20N4O4. The highest BCUT2D eigenvalue weighted by Gasteiger charge is 2.43. The average Bonchev–Trinajstić information content (AvgIpc) is 2.98. The predicted molar refractivity (Wildman–Crippen MR) is 111 cm³/mol. The zero-order chi connectivity index (χ0) is 21.5. The lowest BCUT2D eigenvalue weighted by atomic mass is 9.91. The van der Waals surface area contributed by atoms with Crippen molar-refractivity contribution in [2.24, 2.45) is 0 Å². The Morgan fingerprint density at radius 1 is 1.03 bits per heavy atom. The third-order valence-corrected chi connectivity index (χ3v) is 5.34. The van der Waals surface area contributed by atoms with E-state index >= 15 is 0 Å². The van der Waals surface area contributed by atoms with E-state index in [0.29, 0.717) is 16.6 Å². The van der Waals surface area contributed by atoms with Gasteiger partial charge in [0.1, 0.15) is 5.54 Å². The van der Waals surface area contributed by atoms with Gasteiger partial charge in [-0.1, -0.05) is 30.3 Å². The molecule has 1 unspecified atom stereocenters. The molecule has 0 spiro atoms. The normalized spacial score (nSPS) is 18.2. The first-order valence-electron chi connectivity index (χ1n) is 9.41. The van der Waals surface area contributed by atoms with Gasteiger partial charge in [0.05, 0.1) is 0 Å². The van der Waals surface area contributed by atoms with Gasteiger partial charge in [-0.2, -0.15) is 0 Å². The highest BCUT2D eigenvalue weighted by molar-refractivity contribution is 6.07. The molecule has 1 fully saturated rings. The molecule has 4 amide bonds. The van der Waals surface area contributed by atoms with Crippen LogP contribution in [0.2, 0.25) is 0 Å². The monoisotopic (exact) mass is 404 g/mol. The lowest BCUT2D eigenvalue weighted by molar-refractivity contribution is -0.123. The topological polar surface area (TPSA) is 120 Å². The van der Waals surface area contributed by atoms with Crippen molar-refractivity contribution in [2.75, 3.05) is 0 Å². The minimum absolute atomic E-state index is 0.210. The third kappa shape index (κ3) is 3.43. The summed E-state index contributed by atoms with van der Waals surface area (Å²) in [5.74, 6) is -0.670. The Kier molecular flexibility index (Phi) is 4.62. The van der Waals surface area contributed by atoms with Gasteiger partial charge in [-0.05, 0) is 42.7 Å². The van der Waals surface area contributed by atoms with Crippen LogP contribution in [0, 0.1) is 6.92 Å². The van der Waals surface area contributed by atoms with Crippen molar-refractivity contribution in [2.45, 2.75) is 25.9 Å². The van der Waals surface area contributed by atoms with Crippen molar-refractivity contribution >= 4 is 28.7 Å². The molecule has 2 aromatic carbocycles. The molecule has 0 saturated carbocycles. The number of aromatic amines is 1. The summed E-state index contributed by atoms with van der Waals surface area (Å²) in [4.78, 5) is 50.4. The van der Waals surface area contributed by atoms with Gasteiger partial charge in [-0.25, -0.2) is 4.79 Å². The first-order chi connectivity index (χ1) is 14.3. The van der Waals surface area contributed by atoms with Crippen molar-refractivity contribution in [3.05, 3.63) is 81.1 Å². The average molecular weight is 404 g/mol. The zero-order valence-electron chi connectivity index (χ0n) is 16.5. The van der Waals surface area contributed by atoms with Crippen molar-refractivity contribution in [3.63, 3.8) is 0 Å². The fourth-order valence-electron chi connectivity index (χ4n) is 3.56. The minimum atomic E-state index is -1.11. The van der Waals surface area contributed by atoms with Crippen LogP contribution in [-0.4, -0.2) is 22.8 Å². The van der Waals surface area contributed by atoms with Crippen LogP contribution in [0.5, 0.6) is 0 Å². The van der Waals surface area contributed by atoms with E-state index in [4.69, 9.17) is 0 Å². The summed E-state index contributed by atoms with van der Waals surface area (Å²) in [7, 11) is 0. The number of carbonyl (C=O) groups is 3. The number of aromatic nitrogens is 1. The maximum Gasteiger partial charge on any atom is 0.322 e. The number of imide groups is 1. The second kappa shape index (κ2) is 7.14. The third-order valence-electron chi connectivity index (χ3n) is 5.34. The van der Waals surface area contributed by atoms with Crippen molar-refractivity contribution in [1.82, 2.24) is 20.9 Å². The molecular weight excluding hydrogens is 384 g/mol. The molecule has 1 aliphatic rings. The number of hydrogen-bond donors (Lipinski definition) is 4. The predicted octanol–water partition coefficient (Wildman–Crippen LogP) is 1.82. The molecule has 1 saturated heterocycles. The van der Waals surface area contributed by atoms with Crippen molar-refractivity contribution < 1.29 is 14.4 Å². The van der Waals surface area contributed by atoms with Gasteiger partial charge in [0, 0.05) is 29.1 Å². The molecule has 8 heteroatoms. The highest BCUT2D eigenvalue weighted by atomic mass is 16.2. The molecule has 0 bridgehead atoms. The van der Waals surface area contributed by atoms with Crippen molar-refractivity contribution in [1.29, 1.82) is 0 Å². The van der Waals surface area contributed by atoms with Crippen LogP contribution in [0.25, 0.3) is 10.9 Å². The minimum Gasteiger partial charge on any atom is -0.348 e. The summed E-state index contributed by atoms with van der Waals surface area (Å²) in [5, 5.41) is 8.58. The van der Waals surface area contributed by atoms with Crippen LogP contribution in [0.15, 0.2) is 53.3 Å². The lowest BCUT2D eigenvalue weighted by Crippen LogP contribution is -2.40. The zero-order valence-corrected chi connectivity index (χ0v) is 16.5. The number of aryl methyl sites for hydroxylation is 1. The number of H-pyrrole nitrogens is 1. The number of amides is 4. The summed E-state index contributed by atoms with van der Waals surface area (Å²) in [5.41, 5.74) is 2.07. The Labute approximate surface area is 171 Å². The van der Waals surface area contributed by atoms with Crippen LogP contribution >= 0.6 is 0 Å². The summed E-state index contributed by atoms with van der Waals surface area (Å²) in [6.45, 7) is 3.77. The maximum atomic E-state index is 12.5.